The molecule has 2 rings (SSSR count). The third-order valence-electron chi connectivity index (χ3n) is 4.79. The maximum absolute atomic E-state index is 5.76. The summed E-state index contributed by atoms with van der Waals surface area (Å²) < 4.78 is 10.9. The van der Waals surface area contributed by atoms with Crippen molar-refractivity contribution in [2.45, 2.75) is 13.8 Å². The molecule has 1 aromatic carbocycles. The number of guanidine groups is 1. The van der Waals surface area contributed by atoms with Crippen LogP contribution in [0.4, 0.5) is 0 Å². The van der Waals surface area contributed by atoms with Gasteiger partial charge in [-0.25, -0.2) is 0 Å². The van der Waals surface area contributed by atoms with E-state index in [2.05, 4.69) is 41.3 Å². The van der Waals surface area contributed by atoms with Crippen molar-refractivity contribution in [2.24, 2.45) is 10.9 Å². The van der Waals surface area contributed by atoms with Crippen molar-refractivity contribution in [3.8, 4) is 11.5 Å². The molecule has 0 spiro atoms. The molecule has 0 bridgehead atoms. The fraction of sp³-hybridized carbons (Fsp3) is 0.667. The largest absolute Gasteiger partial charge is 0.497 e. The summed E-state index contributed by atoms with van der Waals surface area (Å²) in [5.41, 5.74) is 0. The molecular weight excluding hydrogens is 354 g/mol. The quantitative estimate of drug-likeness (QED) is 0.358. The first kappa shape index (κ1) is 22.3. The Bertz CT molecular complexity index is 571. The van der Waals surface area contributed by atoms with E-state index >= 15 is 0 Å². The Kier molecular flexibility index (Phi) is 9.93. The van der Waals surface area contributed by atoms with Gasteiger partial charge in [0.25, 0.3) is 0 Å². The van der Waals surface area contributed by atoms with Crippen LogP contribution in [0.1, 0.15) is 13.8 Å². The zero-order valence-electron chi connectivity index (χ0n) is 17.9. The van der Waals surface area contributed by atoms with Crippen LogP contribution in [0.15, 0.2) is 29.3 Å². The number of nitrogens with one attached hydrogen (secondary N) is 2. The van der Waals surface area contributed by atoms with Crippen molar-refractivity contribution in [2.75, 3.05) is 73.1 Å². The van der Waals surface area contributed by atoms with Gasteiger partial charge in [-0.2, -0.15) is 0 Å². The lowest BCUT2D eigenvalue weighted by molar-refractivity contribution is 0.140. The van der Waals surface area contributed by atoms with Gasteiger partial charge in [-0.05, 0) is 44.2 Å². The fourth-order valence-electron chi connectivity index (χ4n) is 3.13. The Morgan fingerprint density at radius 3 is 2.43 bits per heavy atom. The molecule has 158 valence electrons. The molecule has 1 aliphatic heterocycles. The van der Waals surface area contributed by atoms with Gasteiger partial charge in [-0.15, -0.1) is 0 Å². The summed E-state index contributed by atoms with van der Waals surface area (Å²) in [5, 5.41) is 6.65. The predicted octanol–water partition coefficient (Wildman–Crippen LogP) is 1.51. The van der Waals surface area contributed by atoms with Crippen molar-refractivity contribution in [3.63, 3.8) is 0 Å². The van der Waals surface area contributed by atoms with Gasteiger partial charge in [-0.3, -0.25) is 4.99 Å². The first-order valence-electron chi connectivity index (χ1n) is 10.3. The van der Waals surface area contributed by atoms with Crippen molar-refractivity contribution in [1.29, 1.82) is 0 Å². The highest BCUT2D eigenvalue weighted by atomic mass is 16.5. The average molecular weight is 392 g/mol. The van der Waals surface area contributed by atoms with Crippen LogP contribution in [0.25, 0.3) is 0 Å². The molecule has 1 atom stereocenters. The highest BCUT2D eigenvalue weighted by molar-refractivity contribution is 5.79. The van der Waals surface area contributed by atoms with E-state index in [9.17, 15) is 0 Å². The normalized spacial score (nSPS) is 17.2. The molecule has 2 N–H and O–H groups in total. The number of piperazine rings is 1. The van der Waals surface area contributed by atoms with E-state index in [-0.39, 0.29) is 0 Å². The Morgan fingerprint density at radius 1 is 1.11 bits per heavy atom. The van der Waals surface area contributed by atoms with Gasteiger partial charge >= 0.3 is 0 Å². The standard InChI is InChI=1S/C21H37N5O2/c1-5-22-21(23-10-15-28-20-8-6-19(27-4)7-9-20)24-16-18(2)17-26-13-11-25(3)12-14-26/h6-9,18H,5,10-17H2,1-4H3,(H2,22,23,24). The molecule has 0 amide bonds. The van der Waals surface area contributed by atoms with Gasteiger partial charge < -0.3 is 29.9 Å². The second kappa shape index (κ2) is 12.5. The lowest BCUT2D eigenvalue weighted by Gasteiger charge is -2.33. The highest BCUT2D eigenvalue weighted by Crippen LogP contribution is 2.16. The van der Waals surface area contributed by atoms with Crippen LogP contribution < -0.4 is 20.1 Å². The third kappa shape index (κ3) is 8.35. The maximum Gasteiger partial charge on any atom is 0.191 e. The fourth-order valence-corrected chi connectivity index (χ4v) is 3.13. The van der Waals surface area contributed by atoms with Gasteiger partial charge in [0.1, 0.15) is 18.1 Å². The zero-order chi connectivity index (χ0) is 20.2. The first-order chi connectivity index (χ1) is 13.6. The number of rotatable bonds is 10. The van der Waals surface area contributed by atoms with Gasteiger partial charge in [0.15, 0.2) is 5.96 Å². The smallest absolute Gasteiger partial charge is 0.191 e. The van der Waals surface area contributed by atoms with Crippen molar-refractivity contribution in [3.05, 3.63) is 24.3 Å². The summed E-state index contributed by atoms with van der Waals surface area (Å²) >= 11 is 0. The van der Waals surface area contributed by atoms with Crippen LogP contribution in [-0.4, -0.2) is 88.9 Å². The molecule has 0 radical (unpaired) electrons. The molecule has 0 saturated carbocycles. The van der Waals surface area contributed by atoms with Crippen molar-refractivity contribution in [1.82, 2.24) is 20.4 Å². The second-order valence-corrected chi connectivity index (χ2v) is 7.38. The van der Waals surface area contributed by atoms with E-state index in [1.807, 2.05) is 24.3 Å². The van der Waals surface area contributed by atoms with Crippen LogP contribution in [0.2, 0.25) is 0 Å². The SMILES string of the molecule is CCNC(=NCC(C)CN1CCN(C)CC1)NCCOc1ccc(OC)cc1. The molecule has 1 fully saturated rings. The predicted molar refractivity (Wildman–Crippen MR) is 116 cm³/mol. The summed E-state index contributed by atoms with van der Waals surface area (Å²) in [5.74, 6) is 3.06. The molecule has 1 aliphatic rings. The minimum absolute atomic E-state index is 0.536. The number of benzene rings is 1. The summed E-state index contributed by atoms with van der Waals surface area (Å²) in [6.07, 6.45) is 0. The number of likely N-dealkylation sites (N-methyl/N-ethyl adjacent to an activating group) is 1. The molecule has 1 saturated heterocycles. The lowest BCUT2D eigenvalue weighted by Crippen LogP contribution is -2.46. The number of hydrogen-bond donors (Lipinski definition) is 2. The zero-order valence-corrected chi connectivity index (χ0v) is 17.9. The van der Waals surface area contributed by atoms with Gasteiger partial charge in [0.2, 0.25) is 0 Å². The second-order valence-electron chi connectivity index (χ2n) is 7.38. The minimum Gasteiger partial charge on any atom is -0.497 e. The highest BCUT2D eigenvalue weighted by Gasteiger charge is 2.15. The van der Waals surface area contributed by atoms with Gasteiger partial charge in [0, 0.05) is 45.8 Å². The van der Waals surface area contributed by atoms with E-state index in [0.29, 0.717) is 19.1 Å². The third-order valence-corrected chi connectivity index (χ3v) is 4.79. The van der Waals surface area contributed by atoms with Crippen LogP contribution in [0, 0.1) is 5.92 Å². The average Bonchev–Trinajstić information content (AvgIpc) is 2.71. The van der Waals surface area contributed by atoms with E-state index < -0.39 is 0 Å². The summed E-state index contributed by atoms with van der Waals surface area (Å²) in [6.45, 7) is 13.0. The topological polar surface area (TPSA) is 61.4 Å². The van der Waals surface area contributed by atoms with Crippen LogP contribution in [-0.2, 0) is 0 Å². The molecule has 7 nitrogen and oxygen atoms in total. The number of methoxy groups -OCH3 is 1. The molecule has 28 heavy (non-hydrogen) atoms. The number of aliphatic imine (C=N–C) groups is 1. The van der Waals surface area contributed by atoms with Gasteiger partial charge in [-0.1, -0.05) is 6.92 Å². The molecule has 1 aromatic rings. The van der Waals surface area contributed by atoms with Crippen LogP contribution >= 0.6 is 0 Å². The van der Waals surface area contributed by atoms with Crippen molar-refractivity contribution >= 4 is 5.96 Å². The summed E-state index contributed by atoms with van der Waals surface area (Å²) in [7, 11) is 3.85. The molecule has 1 heterocycles. The summed E-state index contributed by atoms with van der Waals surface area (Å²) in [6, 6.07) is 7.63. The minimum atomic E-state index is 0.536. The Hall–Kier alpha value is -1.99. The van der Waals surface area contributed by atoms with Gasteiger partial charge in [0.05, 0.1) is 13.7 Å². The van der Waals surface area contributed by atoms with E-state index in [1.54, 1.807) is 7.11 Å². The molecule has 0 aliphatic carbocycles. The molecule has 0 aromatic heterocycles. The molecular formula is C21H37N5O2. The summed E-state index contributed by atoms with van der Waals surface area (Å²) in [4.78, 5) is 9.68. The first-order valence-corrected chi connectivity index (χ1v) is 10.3. The number of nitrogens with zero attached hydrogens (tertiary/aromatic N) is 3. The van der Waals surface area contributed by atoms with Crippen molar-refractivity contribution < 1.29 is 9.47 Å². The Labute approximate surface area is 170 Å². The molecule has 7 heteroatoms. The number of ether oxygens (including phenoxy) is 2. The monoisotopic (exact) mass is 391 g/mol. The van der Waals surface area contributed by atoms with Crippen LogP contribution in [0.5, 0.6) is 11.5 Å². The van der Waals surface area contributed by atoms with E-state index in [1.165, 1.54) is 0 Å². The number of hydrogen-bond acceptors (Lipinski definition) is 5. The van der Waals surface area contributed by atoms with E-state index in [0.717, 1.165) is 63.3 Å². The molecule has 1 unspecified atom stereocenters. The maximum atomic E-state index is 5.76. The lowest BCUT2D eigenvalue weighted by atomic mass is 10.1. The van der Waals surface area contributed by atoms with E-state index in [4.69, 9.17) is 14.5 Å². The van der Waals surface area contributed by atoms with Crippen LogP contribution in [0.3, 0.4) is 0 Å². The Balaban J connectivity index is 1.68. The Morgan fingerprint density at radius 2 is 1.79 bits per heavy atom.